The summed E-state index contributed by atoms with van der Waals surface area (Å²) in [5.74, 6) is -0.215. The zero-order valence-electron chi connectivity index (χ0n) is 19.0. The summed E-state index contributed by atoms with van der Waals surface area (Å²) < 4.78 is 5.75. The molecule has 4 nitrogen and oxygen atoms in total. The summed E-state index contributed by atoms with van der Waals surface area (Å²) >= 11 is 0. The first-order chi connectivity index (χ1) is 13.8. The molecule has 0 radical (unpaired) electrons. The molecule has 0 saturated heterocycles. The molecule has 4 heteroatoms. The van der Waals surface area contributed by atoms with Crippen molar-refractivity contribution in [1.82, 2.24) is 0 Å². The molecule has 0 amide bonds. The molecule has 0 heterocycles. The largest absolute Gasteiger partial charge is 0.508 e. The molecule has 1 atom stereocenters. The Balaban J connectivity index is 2.32. The summed E-state index contributed by atoms with van der Waals surface area (Å²) in [4.78, 5) is 11.6. The number of benzene rings is 1. The number of hydrogen-bond donors (Lipinski definition) is 2. The summed E-state index contributed by atoms with van der Waals surface area (Å²) in [6.07, 6.45) is 13.3. The highest BCUT2D eigenvalue weighted by atomic mass is 16.5. The number of unbranched alkanes of at least 4 members (excludes halogenated alkanes) is 10. The molecule has 1 aromatic rings. The van der Waals surface area contributed by atoms with Gasteiger partial charge in [0.25, 0.3) is 0 Å². The van der Waals surface area contributed by atoms with E-state index < -0.39 is 12.1 Å². The van der Waals surface area contributed by atoms with Crippen molar-refractivity contribution in [1.29, 1.82) is 0 Å². The summed E-state index contributed by atoms with van der Waals surface area (Å²) in [5, 5.41) is 19.6. The van der Waals surface area contributed by atoms with Crippen LogP contribution in [0.1, 0.15) is 110 Å². The normalized spacial score (nSPS) is 12.7. The van der Waals surface area contributed by atoms with Gasteiger partial charge in [0.15, 0.2) is 6.10 Å². The van der Waals surface area contributed by atoms with Gasteiger partial charge in [-0.2, -0.15) is 0 Å². The molecule has 0 fully saturated rings. The van der Waals surface area contributed by atoms with E-state index in [9.17, 15) is 15.0 Å². The van der Waals surface area contributed by atoms with E-state index in [2.05, 4.69) is 6.92 Å². The average molecular weight is 407 g/mol. The number of carboxylic acids is 1. The van der Waals surface area contributed by atoms with Crippen LogP contribution in [0.3, 0.4) is 0 Å². The Labute approximate surface area is 177 Å². The molecule has 29 heavy (non-hydrogen) atoms. The fraction of sp³-hybridized carbons (Fsp3) is 0.720. The van der Waals surface area contributed by atoms with E-state index in [0.29, 0.717) is 12.2 Å². The molecule has 0 aliphatic rings. The van der Waals surface area contributed by atoms with Crippen LogP contribution in [0.5, 0.6) is 11.5 Å². The van der Waals surface area contributed by atoms with Crippen molar-refractivity contribution in [2.75, 3.05) is 0 Å². The first kappa shape index (κ1) is 25.3. The van der Waals surface area contributed by atoms with E-state index in [1.54, 1.807) is 18.2 Å². The third-order valence-electron chi connectivity index (χ3n) is 5.40. The van der Waals surface area contributed by atoms with Gasteiger partial charge in [-0.25, -0.2) is 4.79 Å². The second kappa shape index (κ2) is 13.5. The van der Waals surface area contributed by atoms with Crippen LogP contribution in [0.15, 0.2) is 18.2 Å². The predicted octanol–water partition coefficient (Wildman–Crippen LogP) is 7.22. The van der Waals surface area contributed by atoms with Crippen LogP contribution in [0, 0.1) is 0 Å². The highest BCUT2D eigenvalue weighted by molar-refractivity contribution is 5.72. The van der Waals surface area contributed by atoms with E-state index in [4.69, 9.17) is 4.74 Å². The summed E-state index contributed by atoms with van der Waals surface area (Å²) in [5.41, 5.74) is 0.520. The number of phenolic OH excluding ortho intramolecular Hbond substituents is 1. The van der Waals surface area contributed by atoms with Crippen molar-refractivity contribution < 1.29 is 19.7 Å². The number of rotatable bonds is 15. The minimum Gasteiger partial charge on any atom is -0.508 e. The quantitative estimate of drug-likeness (QED) is 0.302. The summed E-state index contributed by atoms with van der Waals surface area (Å²) in [6.45, 7) is 8.26. The summed E-state index contributed by atoms with van der Waals surface area (Å²) in [6, 6.07) is 4.98. The Hall–Kier alpha value is -1.71. The maximum atomic E-state index is 11.6. The van der Waals surface area contributed by atoms with Crippen LogP contribution in [0.25, 0.3) is 0 Å². The van der Waals surface area contributed by atoms with Crippen LogP contribution < -0.4 is 4.74 Å². The van der Waals surface area contributed by atoms with E-state index in [1.165, 1.54) is 51.4 Å². The monoisotopic (exact) mass is 406 g/mol. The second-order valence-electron chi connectivity index (χ2n) is 9.20. The number of ether oxygens (including phenoxy) is 1. The van der Waals surface area contributed by atoms with Gasteiger partial charge in [-0.3, -0.25) is 0 Å². The van der Waals surface area contributed by atoms with E-state index in [-0.39, 0.29) is 11.2 Å². The summed E-state index contributed by atoms with van der Waals surface area (Å²) in [7, 11) is 0. The zero-order chi connectivity index (χ0) is 21.7. The van der Waals surface area contributed by atoms with Crippen LogP contribution in [0.4, 0.5) is 0 Å². The lowest BCUT2D eigenvalue weighted by Gasteiger charge is -2.22. The van der Waals surface area contributed by atoms with E-state index in [0.717, 1.165) is 24.8 Å². The predicted molar refractivity (Wildman–Crippen MR) is 120 cm³/mol. The minimum absolute atomic E-state index is 0.210. The third kappa shape index (κ3) is 10.6. The molecular formula is C25H42O4. The Morgan fingerprint density at radius 3 is 1.93 bits per heavy atom. The molecule has 1 rings (SSSR count). The molecule has 1 aromatic carbocycles. The number of carbonyl (C=O) groups is 1. The van der Waals surface area contributed by atoms with Gasteiger partial charge in [0.2, 0.25) is 0 Å². The Morgan fingerprint density at radius 2 is 1.45 bits per heavy atom. The van der Waals surface area contributed by atoms with Crippen molar-refractivity contribution >= 4 is 5.97 Å². The first-order valence-electron chi connectivity index (χ1n) is 11.5. The molecule has 0 aromatic heterocycles. The second-order valence-corrected chi connectivity index (χ2v) is 9.20. The molecule has 2 N–H and O–H groups in total. The van der Waals surface area contributed by atoms with Crippen molar-refractivity contribution in [2.24, 2.45) is 0 Å². The number of phenols is 1. The third-order valence-corrected chi connectivity index (χ3v) is 5.40. The molecule has 0 aliphatic carbocycles. The van der Waals surface area contributed by atoms with Crippen molar-refractivity contribution in [3.8, 4) is 11.5 Å². The van der Waals surface area contributed by atoms with Crippen molar-refractivity contribution in [2.45, 2.75) is 116 Å². The fourth-order valence-corrected chi connectivity index (χ4v) is 3.58. The number of carboxylic acid groups (broad SMARTS) is 1. The first-order valence-corrected chi connectivity index (χ1v) is 11.5. The lowest BCUT2D eigenvalue weighted by molar-refractivity contribution is -0.145. The smallest absolute Gasteiger partial charge is 0.344 e. The van der Waals surface area contributed by atoms with Gasteiger partial charge in [-0.15, -0.1) is 0 Å². The van der Waals surface area contributed by atoms with Crippen molar-refractivity contribution in [3.63, 3.8) is 0 Å². The Morgan fingerprint density at radius 1 is 0.931 bits per heavy atom. The molecule has 0 bridgehead atoms. The van der Waals surface area contributed by atoms with Gasteiger partial charge in [0.05, 0.1) is 0 Å². The molecule has 0 aliphatic heterocycles. The lowest BCUT2D eigenvalue weighted by atomic mass is 9.86. The highest BCUT2D eigenvalue weighted by Gasteiger charge is 2.22. The van der Waals surface area contributed by atoms with Gasteiger partial charge in [-0.05, 0) is 36.5 Å². The number of aromatic hydroxyl groups is 1. The van der Waals surface area contributed by atoms with Gasteiger partial charge in [0, 0.05) is 5.56 Å². The van der Waals surface area contributed by atoms with Gasteiger partial charge >= 0.3 is 5.97 Å². The standard InChI is InChI=1S/C25H42O4/c1-5-6-7-8-9-10-11-12-13-14-15-16-23(24(27)28)29-20-17-18-22(26)21(19-20)25(2,3)4/h17-19,23,26H,5-16H2,1-4H3,(H,27,28). The Kier molecular flexibility index (Phi) is 11.8. The topological polar surface area (TPSA) is 66.8 Å². The fourth-order valence-electron chi connectivity index (χ4n) is 3.58. The van der Waals surface area contributed by atoms with Crippen LogP contribution in [0.2, 0.25) is 0 Å². The van der Waals surface area contributed by atoms with Gasteiger partial charge in [0.1, 0.15) is 11.5 Å². The van der Waals surface area contributed by atoms with Crippen LogP contribution >= 0.6 is 0 Å². The molecule has 0 spiro atoms. The van der Waals surface area contributed by atoms with Gasteiger partial charge < -0.3 is 14.9 Å². The minimum atomic E-state index is -0.928. The van der Waals surface area contributed by atoms with Gasteiger partial charge in [-0.1, -0.05) is 91.9 Å². The van der Waals surface area contributed by atoms with E-state index in [1.807, 2.05) is 20.8 Å². The Bertz CT molecular complexity index is 589. The molecule has 1 unspecified atom stereocenters. The van der Waals surface area contributed by atoms with E-state index >= 15 is 0 Å². The van der Waals surface area contributed by atoms with Crippen molar-refractivity contribution in [3.05, 3.63) is 23.8 Å². The average Bonchev–Trinajstić information content (AvgIpc) is 2.65. The zero-order valence-corrected chi connectivity index (χ0v) is 19.0. The molecular weight excluding hydrogens is 364 g/mol. The van der Waals surface area contributed by atoms with Crippen LogP contribution in [-0.4, -0.2) is 22.3 Å². The maximum Gasteiger partial charge on any atom is 0.344 e. The number of aliphatic carboxylic acids is 1. The lowest BCUT2D eigenvalue weighted by Crippen LogP contribution is -2.27. The maximum absolute atomic E-state index is 11.6. The number of hydrogen-bond acceptors (Lipinski definition) is 3. The molecule has 0 saturated carbocycles. The highest BCUT2D eigenvalue weighted by Crippen LogP contribution is 2.34. The van der Waals surface area contributed by atoms with Crippen LogP contribution in [-0.2, 0) is 10.2 Å². The molecule has 166 valence electrons. The SMILES string of the molecule is CCCCCCCCCCCCCC(Oc1ccc(O)c(C(C)(C)C)c1)C(=O)O.